The minimum absolute atomic E-state index is 0.209. The fourth-order valence-corrected chi connectivity index (χ4v) is 3.82. The van der Waals surface area contributed by atoms with E-state index in [2.05, 4.69) is 35.3 Å². The number of nitrogens with zero attached hydrogens (tertiary/aromatic N) is 4. The van der Waals surface area contributed by atoms with Gasteiger partial charge in [0.2, 0.25) is 0 Å². The van der Waals surface area contributed by atoms with Crippen molar-refractivity contribution in [2.45, 2.75) is 39.3 Å². The van der Waals surface area contributed by atoms with Crippen molar-refractivity contribution in [3.8, 4) is 0 Å². The highest BCUT2D eigenvalue weighted by molar-refractivity contribution is 5.82. The number of imidazole rings is 1. The molecular weight excluding hydrogens is 315 g/mol. The van der Waals surface area contributed by atoms with Crippen LogP contribution >= 0.6 is 0 Å². The molecule has 3 heterocycles. The smallest absolute Gasteiger partial charge is 0.132 e. The van der Waals surface area contributed by atoms with Gasteiger partial charge < -0.3 is 4.57 Å². The molecule has 1 aromatic carbocycles. The van der Waals surface area contributed by atoms with Crippen LogP contribution in [0.2, 0.25) is 0 Å². The van der Waals surface area contributed by atoms with E-state index in [4.69, 9.17) is 4.98 Å². The molecule has 0 amide bonds. The molecule has 0 aliphatic carbocycles. The van der Waals surface area contributed by atoms with Crippen LogP contribution < -0.4 is 0 Å². The second kappa shape index (κ2) is 6.23. The van der Waals surface area contributed by atoms with Gasteiger partial charge in [-0.3, -0.25) is 9.88 Å². The summed E-state index contributed by atoms with van der Waals surface area (Å²) in [5.74, 6) is 1.37. The van der Waals surface area contributed by atoms with Crippen LogP contribution in [0, 0.1) is 5.82 Å². The van der Waals surface area contributed by atoms with Gasteiger partial charge in [-0.05, 0) is 23.8 Å². The van der Waals surface area contributed by atoms with Crippen molar-refractivity contribution >= 4 is 10.9 Å². The van der Waals surface area contributed by atoms with Gasteiger partial charge in [0.25, 0.3) is 0 Å². The zero-order chi connectivity index (χ0) is 17.6. The predicted molar refractivity (Wildman–Crippen MR) is 96.8 cm³/mol. The van der Waals surface area contributed by atoms with Crippen molar-refractivity contribution in [3.05, 3.63) is 59.1 Å². The molecule has 130 valence electrons. The zero-order valence-electron chi connectivity index (χ0n) is 15.0. The molecule has 0 bridgehead atoms. The summed E-state index contributed by atoms with van der Waals surface area (Å²) in [6.45, 7) is 6.95. The molecule has 4 rings (SSSR count). The maximum absolute atomic E-state index is 14.0. The summed E-state index contributed by atoms with van der Waals surface area (Å²) in [6.07, 6.45) is 2.73. The Morgan fingerprint density at radius 3 is 2.88 bits per heavy atom. The van der Waals surface area contributed by atoms with Gasteiger partial charge in [0.15, 0.2) is 0 Å². The Labute approximate surface area is 147 Å². The van der Waals surface area contributed by atoms with Crippen LogP contribution in [0.1, 0.15) is 42.5 Å². The van der Waals surface area contributed by atoms with Gasteiger partial charge in [-0.1, -0.05) is 19.9 Å². The summed E-state index contributed by atoms with van der Waals surface area (Å²) >= 11 is 0. The molecule has 0 saturated carbocycles. The minimum Gasteiger partial charge on any atom is -0.335 e. The van der Waals surface area contributed by atoms with Crippen LogP contribution in [-0.4, -0.2) is 26.0 Å². The first kappa shape index (κ1) is 16.2. The molecule has 25 heavy (non-hydrogen) atoms. The number of fused-ring (bicyclic) bond motifs is 2. The molecule has 1 aliphatic rings. The van der Waals surface area contributed by atoms with Gasteiger partial charge in [-0.2, -0.15) is 0 Å². The van der Waals surface area contributed by atoms with E-state index in [-0.39, 0.29) is 5.82 Å². The average molecular weight is 338 g/mol. The number of hydrogen-bond donors (Lipinski definition) is 0. The summed E-state index contributed by atoms with van der Waals surface area (Å²) in [7, 11) is 2.12. The number of rotatable bonds is 3. The van der Waals surface area contributed by atoms with E-state index in [1.165, 1.54) is 11.4 Å². The third-order valence-corrected chi connectivity index (χ3v) is 5.08. The number of aromatic nitrogens is 3. The van der Waals surface area contributed by atoms with E-state index in [0.717, 1.165) is 43.0 Å². The molecule has 1 aliphatic heterocycles. The maximum Gasteiger partial charge on any atom is 0.132 e. The highest BCUT2D eigenvalue weighted by Gasteiger charge is 2.24. The summed E-state index contributed by atoms with van der Waals surface area (Å²) in [5, 5.41) is 0.595. The Morgan fingerprint density at radius 2 is 2.08 bits per heavy atom. The molecule has 2 aromatic heterocycles. The Kier molecular flexibility index (Phi) is 4.04. The topological polar surface area (TPSA) is 34.0 Å². The lowest BCUT2D eigenvalue weighted by Crippen LogP contribution is -2.30. The first-order valence-corrected chi connectivity index (χ1v) is 8.83. The van der Waals surface area contributed by atoms with Crippen molar-refractivity contribution in [2.75, 3.05) is 6.54 Å². The Bertz CT molecular complexity index is 929. The van der Waals surface area contributed by atoms with Crippen LogP contribution in [-0.2, 0) is 26.6 Å². The molecule has 0 atom stereocenters. The van der Waals surface area contributed by atoms with Gasteiger partial charge in [0.05, 0.1) is 11.2 Å². The average Bonchev–Trinajstić information content (AvgIpc) is 2.94. The van der Waals surface area contributed by atoms with E-state index in [0.29, 0.717) is 11.3 Å². The Balaban J connectivity index is 1.62. The van der Waals surface area contributed by atoms with E-state index in [1.807, 2.05) is 6.07 Å². The monoisotopic (exact) mass is 338 g/mol. The first-order valence-electron chi connectivity index (χ1n) is 8.83. The molecule has 0 unspecified atom stereocenters. The van der Waals surface area contributed by atoms with Crippen LogP contribution in [0.5, 0.6) is 0 Å². The molecule has 3 aromatic rings. The van der Waals surface area contributed by atoms with Crippen molar-refractivity contribution < 1.29 is 4.39 Å². The molecule has 0 spiro atoms. The van der Waals surface area contributed by atoms with Crippen molar-refractivity contribution in [2.24, 2.45) is 7.05 Å². The lowest BCUT2D eigenvalue weighted by Gasteiger charge is -2.27. The molecule has 0 saturated heterocycles. The van der Waals surface area contributed by atoms with E-state index >= 15 is 0 Å². The molecule has 5 heteroatoms. The summed E-state index contributed by atoms with van der Waals surface area (Å²) in [6, 6.07) is 6.98. The van der Waals surface area contributed by atoms with Crippen molar-refractivity contribution in [1.82, 2.24) is 19.4 Å². The first-order chi connectivity index (χ1) is 12.0. The summed E-state index contributed by atoms with van der Waals surface area (Å²) in [5.41, 5.74) is 4.36. The minimum atomic E-state index is -0.209. The van der Waals surface area contributed by atoms with Crippen molar-refractivity contribution in [3.63, 3.8) is 0 Å². The highest BCUT2D eigenvalue weighted by atomic mass is 19.1. The largest absolute Gasteiger partial charge is 0.335 e. The normalized spacial score (nSPS) is 15.1. The second-order valence-electron chi connectivity index (χ2n) is 7.14. The van der Waals surface area contributed by atoms with Crippen molar-refractivity contribution in [1.29, 1.82) is 0 Å². The second-order valence-corrected chi connectivity index (χ2v) is 7.14. The van der Waals surface area contributed by atoms with Gasteiger partial charge >= 0.3 is 0 Å². The van der Waals surface area contributed by atoms with Crippen LogP contribution in [0.3, 0.4) is 0 Å². The number of pyridine rings is 1. The Morgan fingerprint density at radius 1 is 1.24 bits per heavy atom. The lowest BCUT2D eigenvalue weighted by atomic mass is 10.1. The van der Waals surface area contributed by atoms with Gasteiger partial charge in [0.1, 0.15) is 11.6 Å². The molecular formula is C20H23FN4. The van der Waals surface area contributed by atoms with Crippen LogP contribution in [0.15, 0.2) is 30.5 Å². The fraction of sp³-hybridized carbons (Fsp3) is 0.400. The number of halogens is 1. The molecule has 0 radical (unpaired) electrons. The summed E-state index contributed by atoms with van der Waals surface area (Å²) in [4.78, 5) is 11.6. The van der Waals surface area contributed by atoms with Gasteiger partial charge in [-0.25, -0.2) is 9.37 Å². The molecule has 0 fully saturated rings. The third-order valence-electron chi connectivity index (χ3n) is 5.08. The van der Waals surface area contributed by atoms with E-state index < -0.39 is 0 Å². The van der Waals surface area contributed by atoms with E-state index in [9.17, 15) is 4.39 Å². The third kappa shape index (κ3) is 2.82. The van der Waals surface area contributed by atoms with Crippen LogP contribution in [0.4, 0.5) is 4.39 Å². The number of benzene rings is 1. The summed E-state index contributed by atoms with van der Waals surface area (Å²) < 4.78 is 16.3. The quantitative estimate of drug-likeness (QED) is 0.729. The lowest BCUT2D eigenvalue weighted by molar-refractivity contribution is 0.241. The standard InChI is InChI=1S/C20H23FN4/c1-13(2)20-23-17-12-25(10-8-18(17)24(20)3)11-14-6-7-16(21)15-5-4-9-22-19(14)15/h4-7,9,13H,8,10-12H2,1-3H3. The molecule has 4 nitrogen and oxygen atoms in total. The Hall–Kier alpha value is -2.27. The molecule has 0 N–H and O–H groups in total. The SMILES string of the molecule is CC(C)c1nc2c(n1C)CCN(Cc1ccc(F)c3cccnc13)C2. The predicted octanol–water partition coefficient (Wildman–Crippen LogP) is 3.79. The number of hydrogen-bond acceptors (Lipinski definition) is 3. The van der Waals surface area contributed by atoms with E-state index in [1.54, 1.807) is 24.4 Å². The highest BCUT2D eigenvalue weighted by Crippen LogP contribution is 2.26. The van der Waals surface area contributed by atoms with Gasteiger partial charge in [-0.15, -0.1) is 0 Å². The van der Waals surface area contributed by atoms with Gasteiger partial charge in [0, 0.05) is 56.3 Å². The maximum atomic E-state index is 14.0. The van der Waals surface area contributed by atoms with Crippen LogP contribution in [0.25, 0.3) is 10.9 Å². The fourth-order valence-electron chi connectivity index (χ4n) is 3.82. The zero-order valence-corrected chi connectivity index (χ0v) is 15.0.